The molecule has 0 atom stereocenters. The van der Waals surface area contributed by atoms with E-state index in [9.17, 15) is 4.79 Å². The van der Waals surface area contributed by atoms with Crippen LogP contribution in [0.5, 0.6) is 0 Å². The molecule has 0 spiro atoms. The van der Waals surface area contributed by atoms with E-state index in [1.165, 1.54) is 4.40 Å². The lowest BCUT2D eigenvalue weighted by Crippen LogP contribution is -2.40. The van der Waals surface area contributed by atoms with Crippen molar-refractivity contribution in [1.29, 1.82) is 0 Å². The molecule has 0 saturated heterocycles. The van der Waals surface area contributed by atoms with E-state index in [1.54, 1.807) is 0 Å². The lowest BCUT2D eigenvalue weighted by Gasteiger charge is -2.02. The molecule has 2 heterocycles. The summed E-state index contributed by atoms with van der Waals surface area (Å²) in [6.45, 7) is 0. The fourth-order valence-corrected chi connectivity index (χ4v) is 1.83. The van der Waals surface area contributed by atoms with Crippen molar-refractivity contribution in [2.75, 3.05) is 5.73 Å². The first-order valence-corrected chi connectivity index (χ1v) is 4.70. The van der Waals surface area contributed by atoms with Crippen LogP contribution in [0.1, 0.15) is 12.8 Å². The lowest BCUT2D eigenvalue weighted by atomic mass is 10.2. The number of H-pyrrole nitrogens is 1. The summed E-state index contributed by atoms with van der Waals surface area (Å²) in [4.78, 5) is 15.7. The van der Waals surface area contributed by atoms with Gasteiger partial charge < -0.3 is 5.73 Å². The van der Waals surface area contributed by atoms with Gasteiger partial charge in [0.05, 0.1) is 10.7 Å². The monoisotopic (exact) mass is 203 g/mol. The standard InChI is InChI=1S/C9H9N5O/c10-7-8-12-13-9(15)14(8)6-4-2-1-3-5(6)11-7/h3-4H,1-2H2,(H2,10,11)(H,13,15). The number of nitrogens with one attached hydrogen (secondary N) is 1. The Hall–Kier alpha value is -2.11. The Morgan fingerprint density at radius 3 is 3.07 bits per heavy atom. The van der Waals surface area contributed by atoms with Gasteiger partial charge in [0, 0.05) is 0 Å². The molecule has 15 heavy (non-hydrogen) atoms. The summed E-state index contributed by atoms with van der Waals surface area (Å²) in [5.74, 6) is 0.277. The van der Waals surface area contributed by atoms with E-state index >= 15 is 0 Å². The normalized spacial score (nSPS) is 14.4. The molecule has 0 amide bonds. The molecule has 0 radical (unpaired) electrons. The van der Waals surface area contributed by atoms with E-state index in [2.05, 4.69) is 15.2 Å². The smallest absolute Gasteiger partial charge is 0.348 e. The third kappa shape index (κ3) is 1.01. The molecular formula is C9H9N5O. The van der Waals surface area contributed by atoms with Gasteiger partial charge in [0.25, 0.3) is 0 Å². The Morgan fingerprint density at radius 2 is 2.20 bits per heavy atom. The third-order valence-electron chi connectivity index (χ3n) is 2.49. The summed E-state index contributed by atoms with van der Waals surface area (Å²) in [5, 5.41) is 7.74. The predicted octanol–water partition coefficient (Wildman–Crippen LogP) is -1.65. The van der Waals surface area contributed by atoms with Gasteiger partial charge in [0.15, 0.2) is 5.82 Å². The number of nitrogens with two attached hydrogens (primary N) is 1. The van der Waals surface area contributed by atoms with Gasteiger partial charge in [-0.05, 0) is 12.8 Å². The number of fused-ring (bicyclic) bond motifs is 3. The second kappa shape index (κ2) is 2.69. The highest BCUT2D eigenvalue weighted by Crippen LogP contribution is 2.00. The first kappa shape index (κ1) is 8.22. The lowest BCUT2D eigenvalue weighted by molar-refractivity contribution is 0.948. The molecule has 6 heteroatoms. The molecule has 0 unspecified atom stereocenters. The fourth-order valence-electron chi connectivity index (χ4n) is 1.83. The molecule has 3 N–H and O–H groups in total. The Morgan fingerprint density at radius 1 is 1.40 bits per heavy atom. The summed E-state index contributed by atoms with van der Waals surface area (Å²) in [6, 6.07) is 0. The van der Waals surface area contributed by atoms with Gasteiger partial charge >= 0.3 is 5.69 Å². The first-order valence-electron chi connectivity index (χ1n) is 4.70. The van der Waals surface area contributed by atoms with Crippen LogP contribution in [0.15, 0.2) is 4.79 Å². The second-order valence-corrected chi connectivity index (χ2v) is 3.44. The quantitative estimate of drug-likeness (QED) is 0.537. The van der Waals surface area contributed by atoms with Crippen LogP contribution in [0.2, 0.25) is 0 Å². The Balaban J connectivity index is 2.73. The van der Waals surface area contributed by atoms with Crippen LogP contribution in [0.25, 0.3) is 17.8 Å². The maximum absolute atomic E-state index is 11.5. The van der Waals surface area contributed by atoms with Crippen LogP contribution in [-0.4, -0.2) is 19.6 Å². The first-order chi connectivity index (χ1) is 7.27. The highest BCUT2D eigenvalue weighted by atomic mass is 16.1. The van der Waals surface area contributed by atoms with Crippen molar-refractivity contribution < 1.29 is 0 Å². The van der Waals surface area contributed by atoms with E-state index in [4.69, 9.17) is 5.73 Å². The highest BCUT2D eigenvalue weighted by Gasteiger charge is 2.08. The summed E-state index contributed by atoms with van der Waals surface area (Å²) in [5.41, 5.74) is 5.82. The van der Waals surface area contributed by atoms with Gasteiger partial charge in [-0.25, -0.2) is 19.3 Å². The average molecular weight is 203 g/mol. The number of nitrogens with zero attached hydrogens (tertiary/aromatic N) is 3. The molecule has 76 valence electrons. The minimum absolute atomic E-state index is 0.276. The van der Waals surface area contributed by atoms with Gasteiger partial charge in [-0.3, -0.25) is 0 Å². The van der Waals surface area contributed by atoms with Gasteiger partial charge in [-0.15, -0.1) is 5.10 Å². The number of rotatable bonds is 0. The number of anilines is 1. The third-order valence-corrected chi connectivity index (χ3v) is 2.49. The summed E-state index contributed by atoms with van der Waals surface area (Å²) in [7, 11) is 0. The molecule has 3 rings (SSSR count). The number of hydrogen-bond donors (Lipinski definition) is 2. The molecule has 2 aromatic heterocycles. The zero-order valence-corrected chi connectivity index (χ0v) is 7.90. The number of aromatic nitrogens is 4. The zero-order chi connectivity index (χ0) is 10.4. The van der Waals surface area contributed by atoms with Crippen molar-refractivity contribution in [1.82, 2.24) is 19.6 Å². The van der Waals surface area contributed by atoms with Gasteiger partial charge in [0.2, 0.25) is 5.65 Å². The average Bonchev–Trinajstić information content (AvgIpc) is 2.62. The Bertz CT molecular complexity index is 708. The van der Waals surface area contributed by atoms with Gasteiger partial charge in [-0.2, -0.15) is 0 Å². The van der Waals surface area contributed by atoms with E-state index in [0.717, 1.165) is 23.5 Å². The molecule has 0 fully saturated rings. The predicted molar refractivity (Wildman–Crippen MR) is 55.4 cm³/mol. The molecule has 1 aliphatic rings. The largest absolute Gasteiger partial charge is 0.381 e. The van der Waals surface area contributed by atoms with Crippen LogP contribution < -0.4 is 22.1 Å². The zero-order valence-electron chi connectivity index (χ0n) is 7.90. The molecule has 0 saturated carbocycles. The second-order valence-electron chi connectivity index (χ2n) is 3.44. The molecule has 2 aromatic rings. The Kier molecular flexibility index (Phi) is 1.47. The van der Waals surface area contributed by atoms with Crippen molar-refractivity contribution in [3.05, 3.63) is 21.2 Å². The summed E-state index contributed by atoms with van der Waals surface area (Å²) < 4.78 is 1.47. The maximum atomic E-state index is 11.5. The van der Waals surface area contributed by atoms with Crippen LogP contribution in [0, 0.1) is 0 Å². The van der Waals surface area contributed by atoms with Crippen LogP contribution in [-0.2, 0) is 0 Å². The van der Waals surface area contributed by atoms with E-state index < -0.39 is 0 Å². The van der Waals surface area contributed by atoms with Crippen LogP contribution in [0.4, 0.5) is 5.82 Å². The molecule has 1 aliphatic carbocycles. The molecular weight excluding hydrogens is 194 g/mol. The van der Waals surface area contributed by atoms with Gasteiger partial charge in [-0.1, -0.05) is 12.2 Å². The number of nitrogen functional groups attached to an aromatic ring is 1. The molecule has 6 nitrogen and oxygen atoms in total. The summed E-state index contributed by atoms with van der Waals surface area (Å²) in [6.07, 6.45) is 5.79. The van der Waals surface area contributed by atoms with Crippen molar-refractivity contribution in [3.63, 3.8) is 0 Å². The van der Waals surface area contributed by atoms with Gasteiger partial charge in [0.1, 0.15) is 0 Å². The van der Waals surface area contributed by atoms with Crippen molar-refractivity contribution in [3.8, 4) is 0 Å². The van der Waals surface area contributed by atoms with Crippen molar-refractivity contribution >= 4 is 23.6 Å². The van der Waals surface area contributed by atoms with E-state index in [-0.39, 0.29) is 11.5 Å². The summed E-state index contributed by atoms with van der Waals surface area (Å²) >= 11 is 0. The number of hydrogen-bond acceptors (Lipinski definition) is 4. The molecule has 0 aliphatic heterocycles. The molecule has 0 aromatic carbocycles. The minimum Gasteiger partial charge on any atom is -0.381 e. The van der Waals surface area contributed by atoms with E-state index in [1.807, 2.05) is 12.2 Å². The maximum Gasteiger partial charge on any atom is 0.348 e. The highest BCUT2D eigenvalue weighted by molar-refractivity contribution is 5.59. The minimum atomic E-state index is -0.276. The van der Waals surface area contributed by atoms with E-state index in [0.29, 0.717) is 5.65 Å². The SMILES string of the molecule is Nc1nc2c(n3c(=O)[nH]nc13)=CCCC=2. The number of aromatic amines is 1. The van der Waals surface area contributed by atoms with Crippen molar-refractivity contribution in [2.45, 2.75) is 12.8 Å². The fraction of sp³-hybridized carbons (Fsp3) is 0.222. The van der Waals surface area contributed by atoms with Crippen molar-refractivity contribution in [2.24, 2.45) is 0 Å². The topological polar surface area (TPSA) is 89.1 Å². The van der Waals surface area contributed by atoms with Crippen LogP contribution >= 0.6 is 0 Å². The van der Waals surface area contributed by atoms with Crippen LogP contribution in [0.3, 0.4) is 0 Å². The molecule has 0 bridgehead atoms. The Labute approximate surface area is 83.8 Å².